The van der Waals surface area contributed by atoms with Gasteiger partial charge in [-0.2, -0.15) is 0 Å². The van der Waals surface area contributed by atoms with E-state index in [1.165, 1.54) is 60.7 Å². The molecular weight excluding hydrogens is 452 g/mol. The van der Waals surface area contributed by atoms with Crippen molar-refractivity contribution in [2.75, 3.05) is 4.90 Å². The molecule has 0 radical (unpaired) electrons. The Morgan fingerprint density at radius 3 is 2.29 bits per heavy atom. The molecule has 35 heavy (non-hydrogen) atoms. The van der Waals surface area contributed by atoms with Gasteiger partial charge in [0.25, 0.3) is 11.6 Å². The Morgan fingerprint density at radius 2 is 1.66 bits per heavy atom. The Kier molecular flexibility index (Phi) is 6.23. The van der Waals surface area contributed by atoms with Crippen LogP contribution in [0.1, 0.15) is 27.5 Å². The first-order valence-corrected chi connectivity index (χ1v) is 10.4. The number of carbonyl (C=O) groups is 3. The zero-order valence-electron chi connectivity index (χ0n) is 18.1. The summed E-state index contributed by atoms with van der Waals surface area (Å²) < 4.78 is 0. The Bertz CT molecular complexity index is 1390. The number of hydrogen-bond donors (Lipinski definition) is 2. The summed E-state index contributed by atoms with van der Waals surface area (Å²) in [5.74, 6) is -3.53. The zero-order chi connectivity index (χ0) is 25.1. The number of aliphatic hydroxyl groups is 1. The second-order valence-corrected chi connectivity index (χ2v) is 7.65. The van der Waals surface area contributed by atoms with Gasteiger partial charge in [0, 0.05) is 17.8 Å². The first kappa shape index (κ1) is 23.1. The number of non-ortho nitro benzene ring substituents is 1. The summed E-state index contributed by atoms with van der Waals surface area (Å²) in [6, 6.07) is 18.5. The van der Waals surface area contributed by atoms with Crippen LogP contribution in [0.4, 0.5) is 11.4 Å². The van der Waals surface area contributed by atoms with Crippen molar-refractivity contribution >= 4 is 35.1 Å². The summed E-state index contributed by atoms with van der Waals surface area (Å²) >= 11 is 0. The molecule has 9 nitrogen and oxygen atoms in total. The van der Waals surface area contributed by atoms with Crippen LogP contribution in [0.15, 0.2) is 96.3 Å². The predicted octanol–water partition coefficient (Wildman–Crippen LogP) is 4.48. The van der Waals surface area contributed by atoms with Gasteiger partial charge in [-0.1, -0.05) is 42.5 Å². The Morgan fingerprint density at radius 1 is 0.971 bits per heavy atom. The van der Waals surface area contributed by atoms with Gasteiger partial charge in [-0.3, -0.25) is 24.6 Å². The second-order valence-electron chi connectivity index (χ2n) is 7.65. The van der Waals surface area contributed by atoms with Crippen LogP contribution in [0.5, 0.6) is 0 Å². The van der Waals surface area contributed by atoms with E-state index in [4.69, 9.17) is 0 Å². The molecule has 0 fully saturated rings. The van der Waals surface area contributed by atoms with E-state index in [2.05, 4.69) is 0 Å². The van der Waals surface area contributed by atoms with Gasteiger partial charge < -0.3 is 10.2 Å². The number of hydrogen-bond acceptors (Lipinski definition) is 6. The molecule has 1 heterocycles. The molecule has 1 aliphatic heterocycles. The summed E-state index contributed by atoms with van der Waals surface area (Å²) in [6.07, 6.45) is 2.76. The van der Waals surface area contributed by atoms with E-state index in [0.717, 1.165) is 10.5 Å². The zero-order valence-corrected chi connectivity index (χ0v) is 18.1. The van der Waals surface area contributed by atoms with Gasteiger partial charge in [-0.25, -0.2) is 4.79 Å². The number of nitro groups is 1. The van der Waals surface area contributed by atoms with Crippen molar-refractivity contribution in [1.82, 2.24) is 0 Å². The number of carbonyl (C=O) groups excluding carboxylic acids is 2. The molecule has 0 aromatic heterocycles. The van der Waals surface area contributed by atoms with Crippen LogP contribution in [0.3, 0.4) is 0 Å². The SMILES string of the molecule is O=C(/C=C\c1ccccc1)C1=C(O)C(=O)N(c2cccc(C(=O)O)c2)[C@H]1c1ccc([N+](=O)[O-])cc1. The highest BCUT2D eigenvalue weighted by Crippen LogP contribution is 2.41. The highest BCUT2D eigenvalue weighted by Gasteiger charge is 2.44. The molecule has 0 saturated carbocycles. The molecule has 0 spiro atoms. The largest absolute Gasteiger partial charge is 0.503 e. The molecule has 0 saturated heterocycles. The van der Waals surface area contributed by atoms with E-state index < -0.39 is 34.4 Å². The van der Waals surface area contributed by atoms with Crippen LogP contribution in [0.25, 0.3) is 6.08 Å². The quantitative estimate of drug-likeness (QED) is 0.295. The van der Waals surface area contributed by atoms with Gasteiger partial charge in [-0.05, 0) is 47.5 Å². The summed E-state index contributed by atoms with van der Waals surface area (Å²) in [7, 11) is 0. The Labute approximate surface area is 199 Å². The molecule has 3 aromatic rings. The van der Waals surface area contributed by atoms with Crippen LogP contribution in [-0.2, 0) is 9.59 Å². The molecule has 4 rings (SSSR count). The van der Waals surface area contributed by atoms with E-state index in [1.54, 1.807) is 24.3 Å². The number of allylic oxidation sites excluding steroid dienone is 1. The lowest BCUT2D eigenvalue weighted by atomic mass is 9.95. The van der Waals surface area contributed by atoms with Gasteiger partial charge in [0.1, 0.15) is 0 Å². The molecule has 1 aliphatic rings. The standard InChI is InChI=1S/C26H18N2O7/c29-21(14-9-16-5-2-1-3-6-16)22-23(17-10-12-19(13-11-17)28(34)35)27(25(31)24(22)30)20-8-4-7-18(15-20)26(32)33/h1-15,23,30H,(H,32,33)/b14-9-/t23-/m0/s1. The van der Waals surface area contributed by atoms with Crippen molar-refractivity contribution in [1.29, 1.82) is 0 Å². The number of anilines is 1. The average molecular weight is 470 g/mol. The van der Waals surface area contributed by atoms with Gasteiger partial charge in [0.05, 0.1) is 22.1 Å². The second kappa shape index (κ2) is 9.44. The van der Waals surface area contributed by atoms with E-state index in [1.807, 2.05) is 6.07 Å². The number of nitro benzene ring substituents is 1. The number of amides is 1. The highest BCUT2D eigenvalue weighted by molar-refractivity contribution is 6.20. The monoisotopic (exact) mass is 470 g/mol. The summed E-state index contributed by atoms with van der Waals surface area (Å²) in [5.41, 5.74) is 0.674. The number of ketones is 1. The van der Waals surface area contributed by atoms with E-state index in [-0.39, 0.29) is 22.5 Å². The lowest BCUT2D eigenvalue weighted by molar-refractivity contribution is -0.384. The minimum Gasteiger partial charge on any atom is -0.503 e. The van der Waals surface area contributed by atoms with Gasteiger partial charge in [0.2, 0.25) is 0 Å². The minimum atomic E-state index is -1.22. The minimum absolute atomic E-state index is 0.0963. The van der Waals surface area contributed by atoms with Crippen LogP contribution in [0.2, 0.25) is 0 Å². The van der Waals surface area contributed by atoms with Crippen molar-refractivity contribution < 1.29 is 29.5 Å². The maximum Gasteiger partial charge on any atom is 0.335 e. The molecule has 1 amide bonds. The molecule has 0 bridgehead atoms. The summed E-state index contributed by atoms with van der Waals surface area (Å²) in [6.45, 7) is 0. The van der Waals surface area contributed by atoms with Crippen molar-refractivity contribution in [2.45, 2.75) is 6.04 Å². The molecule has 3 aromatic carbocycles. The fourth-order valence-corrected chi connectivity index (χ4v) is 3.83. The van der Waals surface area contributed by atoms with Gasteiger partial charge in [0.15, 0.2) is 11.5 Å². The molecular formula is C26H18N2O7. The Hall–Kier alpha value is -5.05. The van der Waals surface area contributed by atoms with Gasteiger partial charge >= 0.3 is 5.97 Å². The van der Waals surface area contributed by atoms with Crippen LogP contribution < -0.4 is 4.90 Å². The third kappa shape index (κ3) is 4.55. The predicted molar refractivity (Wildman–Crippen MR) is 127 cm³/mol. The number of carboxylic acid groups (broad SMARTS) is 1. The molecule has 2 N–H and O–H groups in total. The van der Waals surface area contributed by atoms with Crippen LogP contribution in [0, 0.1) is 10.1 Å². The number of nitrogens with zero attached hydrogens (tertiary/aromatic N) is 2. The number of aliphatic hydroxyl groups excluding tert-OH is 1. The molecule has 0 unspecified atom stereocenters. The van der Waals surface area contributed by atoms with Crippen molar-refractivity contribution in [3.63, 3.8) is 0 Å². The number of carboxylic acids is 1. The van der Waals surface area contributed by atoms with Crippen molar-refractivity contribution in [2.24, 2.45) is 0 Å². The fourth-order valence-electron chi connectivity index (χ4n) is 3.83. The van der Waals surface area contributed by atoms with Crippen molar-refractivity contribution in [3.05, 3.63) is 123 Å². The lowest BCUT2D eigenvalue weighted by Gasteiger charge is -2.27. The number of rotatable bonds is 7. The van der Waals surface area contributed by atoms with E-state index in [9.17, 15) is 34.7 Å². The maximum atomic E-state index is 13.2. The first-order chi connectivity index (χ1) is 16.8. The average Bonchev–Trinajstić information content (AvgIpc) is 3.13. The third-order valence-corrected chi connectivity index (χ3v) is 5.49. The topological polar surface area (TPSA) is 138 Å². The molecule has 1 atom stereocenters. The number of aromatic carboxylic acids is 1. The first-order valence-electron chi connectivity index (χ1n) is 10.4. The highest BCUT2D eigenvalue weighted by atomic mass is 16.6. The molecule has 9 heteroatoms. The normalized spacial score (nSPS) is 15.6. The number of benzene rings is 3. The van der Waals surface area contributed by atoms with Crippen molar-refractivity contribution in [3.8, 4) is 0 Å². The third-order valence-electron chi connectivity index (χ3n) is 5.49. The van der Waals surface area contributed by atoms with Gasteiger partial charge in [-0.15, -0.1) is 0 Å². The van der Waals surface area contributed by atoms with Crippen LogP contribution in [-0.4, -0.2) is 32.8 Å². The summed E-state index contributed by atoms with van der Waals surface area (Å²) in [4.78, 5) is 49.4. The summed E-state index contributed by atoms with van der Waals surface area (Å²) in [5, 5.41) is 31.2. The van der Waals surface area contributed by atoms with E-state index >= 15 is 0 Å². The molecule has 174 valence electrons. The lowest BCUT2D eigenvalue weighted by Crippen LogP contribution is -2.31. The fraction of sp³-hybridized carbons (Fsp3) is 0.0385. The Balaban J connectivity index is 1.82. The van der Waals surface area contributed by atoms with Crippen LogP contribution >= 0.6 is 0 Å². The smallest absolute Gasteiger partial charge is 0.335 e. The van der Waals surface area contributed by atoms with E-state index in [0.29, 0.717) is 5.56 Å². The molecule has 0 aliphatic carbocycles. The maximum absolute atomic E-state index is 13.2.